The van der Waals surface area contributed by atoms with Crippen LogP contribution in [0.25, 0.3) is 0 Å². The van der Waals surface area contributed by atoms with E-state index in [2.05, 4.69) is 77.1 Å². The van der Waals surface area contributed by atoms with Gasteiger partial charge in [-0.05, 0) is 36.0 Å². The number of hydrogen-bond donors (Lipinski definition) is 1. The first-order valence-corrected chi connectivity index (χ1v) is 7.22. The summed E-state index contributed by atoms with van der Waals surface area (Å²) in [6.45, 7) is 11.0. The summed E-state index contributed by atoms with van der Waals surface area (Å²) in [5.41, 5.74) is 12.9. The standard InChI is InChI=1S/C19H25N/c1-13-10-14(2)12-15(11-13)18(20)16-8-6-7-9-17(16)19(3,4)5/h6-12,18H,20H2,1-5H3. The van der Waals surface area contributed by atoms with Gasteiger partial charge < -0.3 is 5.73 Å². The van der Waals surface area contributed by atoms with Crippen LogP contribution in [0.3, 0.4) is 0 Å². The van der Waals surface area contributed by atoms with E-state index in [1.165, 1.54) is 27.8 Å². The molecular formula is C19H25N. The minimum atomic E-state index is -0.0657. The van der Waals surface area contributed by atoms with Crippen molar-refractivity contribution in [2.75, 3.05) is 0 Å². The van der Waals surface area contributed by atoms with Crippen molar-refractivity contribution in [3.63, 3.8) is 0 Å². The van der Waals surface area contributed by atoms with Crippen LogP contribution in [0.5, 0.6) is 0 Å². The Morgan fingerprint density at radius 2 is 1.45 bits per heavy atom. The molecule has 0 aliphatic rings. The van der Waals surface area contributed by atoms with Gasteiger partial charge in [0, 0.05) is 0 Å². The van der Waals surface area contributed by atoms with Crippen LogP contribution in [0.4, 0.5) is 0 Å². The maximum atomic E-state index is 6.55. The zero-order valence-electron chi connectivity index (χ0n) is 13.2. The predicted octanol–water partition coefficient (Wildman–Crippen LogP) is 4.65. The summed E-state index contributed by atoms with van der Waals surface area (Å²) >= 11 is 0. The second kappa shape index (κ2) is 5.41. The third kappa shape index (κ3) is 3.10. The van der Waals surface area contributed by atoms with Crippen molar-refractivity contribution < 1.29 is 0 Å². The smallest absolute Gasteiger partial charge is 0.0554 e. The van der Waals surface area contributed by atoms with Crippen LogP contribution >= 0.6 is 0 Å². The van der Waals surface area contributed by atoms with Gasteiger partial charge in [0.15, 0.2) is 0 Å². The van der Waals surface area contributed by atoms with E-state index >= 15 is 0 Å². The molecule has 0 bridgehead atoms. The van der Waals surface area contributed by atoms with Crippen LogP contribution in [0.15, 0.2) is 42.5 Å². The lowest BCUT2D eigenvalue weighted by atomic mass is 9.80. The average molecular weight is 267 g/mol. The van der Waals surface area contributed by atoms with Gasteiger partial charge in [-0.25, -0.2) is 0 Å². The van der Waals surface area contributed by atoms with Gasteiger partial charge in [0.2, 0.25) is 0 Å². The molecule has 20 heavy (non-hydrogen) atoms. The van der Waals surface area contributed by atoms with E-state index in [-0.39, 0.29) is 11.5 Å². The van der Waals surface area contributed by atoms with Gasteiger partial charge in [-0.1, -0.05) is 74.4 Å². The topological polar surface area (TPSA) is 26.0 Å². The molecule has 0 saturated carbocycles. The lowest BCUT2D eigenvalue weighted by Gasteiger charge is -2.26. The zero-order chi connectivity index (χ0) is 14.9. The van der Waals surface area contributed by atoms with E-state index < -0.39 is 0 Å². The lowest BCUT2D eigenvalue weighted by molar-refractivity contribution is 0.578. The molecule has 106 valence electrons. The fourth-order valence-corrected chi connectivity index (χ4v) is 2.82. The molecule has 0 amide bonds. The highest BCUT2D eigenvalue weighted by molar-refractivity contribution is 5.42. The molecule has 2 rings (SSSR count). The molecule has 1 nitrogen and oxygen atoms in total. The van der Waals surface area contributed by atoms with Crippen molar-refractivity contribution in [1.82, 2.24) is 0 Å². The van der Waals surface area contributed by atoms with Gasteiger partial charge in [0.05, 0.1) is 6.04 Å². The van der Waals surface area contributed by atoms with Crippen LogP contribution < -0.4 is 5.73 Å². The molecule has 2 N–H and O–H groups in total. The summed E-state index contributed by atoms with van der Waals surface area (Å²) in [6.07, 6.45) is 0. The highest BCUT2D eigenvalue weighted by Crippen LogP contribution is 2.31. The van der Waals surface area contributed by atoms with Crippen LogP contribution in [-0.4, -0.2) is 0 Å². The maximum Gasteiger partial charge on any atom is 0.0554 e. The first kappa shape index (κ1) is 14.8. The number of nitrogens with two attached hydrogens (primary N) is 1. The Morgan fingerprint density at radius 1 is 0.900 bits per heavy atom. The minimum absolute atomic E-state index is 0.0657. The molecule has 0 aromatic heterocycles. The Bertz CT molecular complexity index is 585. The Morgan fingerprint density at radius 3 is 2.00 bits per heavy atom. The molecule has 0 radical (unpaired) electrons. The second-order valence-electron chi connectivity index (χ2n) is 6.74. The zero-order valence-corrected chi connectivity index (χ0v) is 13.2. The highest BCUT2D eigenvalue weighted by atomic mass is 14.6. The Hall–Kier alpha value is -1.60. The molecule has 0 aliphatic carbocycles. The maximum absolute atomic E-state index is 6.55. The third-order valence-electron chi connectivity index (χ3n) is 3.71. The largest absolute Gasteiger partial charge is 0.320 e. The molecule has 0 fully saturated rings. The molecular weight excluding hydrogens is 242 g/mol. The molecule has 1 unspecified atom stereocenters. The van der Waals surface area contributed by atoms with Crippen LogP contribution in [-0.2, 0) is 5.41 Å². The third-order valence-corrected chi connectivity index (χ3v) is 3.71. The summed E-state index contributed by atoms with van der Waals surface area (Å²) in [5, 5.41) is 0. The minimum Gasteiger partial charge on any atom is -0.320 e. The van der Waals surface area contributed by atoms with E-state index in [0.717, 1.165) is 0 Å². The van der Waals surface area contributed by atoms with Crippen molar-refractivity contribution in [2.45, 2.75) is 46.1 Å². The van der Waals surface area contributed by atoms with Crippen LogP contribution in [0.2, 0.25) is 0 Å². The summed E-state index contributed by atoms with van der Waals surface area (Å²) in [6, 6.07) is 15.0. The summed E-state index contributed by atoms with van der Waals surface area (Å²) in [4.78, 5) is 0. The normalized spacial score (nSPS) is 13.3. The second-order valence-corrected chi connectivity index (χ2v) is 6.74. The monoisotopic (exact) mass is 267 g/mol. The Labute approximate surface area is 122 Å². The fourth-order valence-electron chi connectivity index (χ4n) is 2.82. The molecule has 0 heterocycles. The van der Waals surface area contributed by atoms with Gasteiger partial charge in [0.25, 0.3) is 0 Å². The Balaban J connectivity index is 2.51. The van der Waals surface area contributed by atoms with Gasteiger partial charge in [-0.15, -0.1) is 0 Å². The van der Waals surface area contributed by atoms with Gasteiger partial charge in [-0.3, -0.25) is 0 Å². The van der Waals surface area contributed by atoms with Crippen molar-refractivity contribution in [1.29, 1.82) is 0 Å². The molecule has 2 aromatic rings. The van der Waals surface area contributed by atoms with E-state index in [1.807, 2.05) is 0 Å². The summed E-state index contributed by atoms with van der Waals surface area (Å²) in [5.74, 6) is 0. The van der Waals surface area contributed by atoms with E-state index in [4.69, 9.17) is 5.73 Å². The van der Waals surface area contributed by atoms with Crippen molar-refractivity contribution in [3.8, 4) is 0 Å². The fraction of sp³-hybridized carbons (Fsp3) is 0.368. The van der Waals surface area contributed by atoms with Gasteiger partial charge in [0.1, 0.15) is 0 Å². The highest BCUT2D eigenvalue weighted by Gasteiger charge is 2.21. The average Bonchev–Trinajstić information content (AvgIpc) is 2.35. The SMILES string of the molecule is Cc1cc(C)cc(C(N)c2ccccc2C(C)(C)C)c1. The van der Waals surface area contributed by atoms with E-state index in [0.29, 0.717) is 0 Å². The van der Waals surface area contributed by atoms with Gasteiger partial charge >= 0.3 is 0 Å². The molecule has 0 spiro atoms. The van der Waals surface area contributed by atoms with E-state index in [1.54, 1.807) is 0 Å². The Kier molecular flexibility index (Phi) is 4.01. The first-order valence-electron chi connectivity index (χ1n) is 7.22. The van der Waals surface area contributed by atoms with Crippen molar-refractivity contribution in [3.05, 3.63) is 70.3 Å². The summed E-state index contributed by atoms with van der Waals surface area (Å²) < 4.78 is 0. The molecule has 1 heteroatoms. The number of aryl methyl sites for hydroxylation is 2. The molecule has 2 aromatic carbocycles. The quantitative estimate of drug-likeness (QED) is 0.842. The number of rotatable bonds is 2. The number of benzene rings is 2. The lowest BCUT2D eigenvalue weighted by Crippen LogP contribution is -2.20. The molecule has 0 saturated heterocycles. The molecule has 0 aliphatic heterocycles. The number of hydrogen-bond acceptors (Lipinski definition) is 1. The van der Waals surface area contributed by atoms with E-state index in [9.17, 15) is 0 Å². The first-order chi connectivity index (χ1) is 9.29. The van der Waals surface area contributed by atoms with Crippen molar-refractivity contribution >= 4 is 0 Å². The van der Waals surface area contributed by atoms with Crippen LogP contribution in [0, 0.1) is 13.8 Å². The predicted molar refractivity (Wildman–Crippen MR) is 87.1 cm³/mol. The van der Waals surface area contributed by atoms with Crippen molar-refractivity contribution in [2.24, 2.45) is 5.73 Å². The van der Waals surface area contributed by atoms with Gasteiger partial charge in [-0.2, -0.15) is 0 Å². The summed E-state index contributed by atoms with van der Waals surface area (Å²) in [7, 11) is 0. The van der Waals surface area contributed by atoms with Crippen LogP contribution in [0.1, 0.15) is 54.6 Å². The molecule has 1 atom stereocenters.